The number of benzene rings is 1. The summed E-state index contributed by atoms with van der Waals surface area (Å²) in [5, 5.41) is 4.79. The van der Waals surface area contributed by atoms with E-state index >= 15 is 0 Å². The molecule has 34 heavy (non-hydrogen) atoms. The highest BCUT2D eigenvalue weighted by Crippen LogP contribution is 2.29. The minimum atomic E-state index is 0.196. The predicted molar refractivity (Wildman–Crippen MR) is 134 cm³/mol. The van der Waals surface area contributed by atoms with E-state index in [9.17, 15) is 4.79 Å². The van der Waals surface area contributed by atoms with Crippen LogP contribution in [0, 0.1) is 20.8 Å². The molecule has 174 valence electrons. The summed E-state index contributed by atoms with van der Waals surface area (Å²) in [6.07, 6.45) is 2.95. The van der Waals surface area contributed by atoms with E-state index < -0.39 is 0 Å². The Kier molecular flexibility index (Phi) is 6.01. The third-order valence-corrected chi connectivity index (χ3v) is 6.76. The second kappa shape index (κ2) is 9.25. The van der Waals surface area contributed by atoms with E-state index in [1.165, 1.54) is 0 Å². The zero-order valence-corrected chi connectivity index (χ0v) is 20.0. The smallest absolute Gasteiger partial charge is 0.223 e. The molecule has 1 aromatic carbocycles. The Morgan fingerprint density at radius 2 is 1.65 bits per heavy atom. The maximum Gasteiger partial charge on any atom is 0.223 e. The molecule has 1 aliphatic rings. The van der Waals surface area contributed by atoms with Crippen LogP contribution in [-0.4, -0.2) is 56.6 Å². The van der Waals surface area contributed by atoms with Crippen LogP contribution in [0.25, 0.3) is 16.8 Å². The van der Waals surface area contributed by atoms with Gasteiger partial charge in [-0.25, -0.2) is 14.5 Å². The van der Waals surface area contributed by atoms with Gasteiger partial charge in [-0.05, 0) is 50.5 Å². The van der Waals surface area contributed by atoms with Crippen molar-refractivity contribution in [3.63, 3.8) is 0 Å². The molecule has 1 saturated heterocycles. The molecule has 0 unspecified atom stereocenters. The van der Waals surface area contributed by atoms with E-state index in [1.54, 1.807) is 0 Å². The lowest BCUT2D eigenvalue weighted by Crippen LogP contribution is -2.49. The molecule has 4 aromatic rings. The fourth-order valence-corrected chi connectivity index (χ4v) is 4.89. The number of carbonyl (C=O) groups is 1. The number of aryl methyl sites for hydroxylation is 3. The molecule has 1 fully saturated rings. The van der Waals surface area contributed by atoms with Crippen molar-refractivity contribution < 1.29 is 4.79 Å². The molecule has 0 bridgehead atoms. The number of hydrogen-bond acceptors (Lipinski definition) is 5. The molecule has 0 spiro atoms. The van der Waals surface area contributed by atoms with E-state index in [-0.39, 0.29) is 5.91 Å². The van der Waals surface area contributed by atoms with Crippen LogP contribution < -0.4 is 4.90 Å². The first-order valence-electron chi connectivity index (χ1n) is 11.9. The van der Waals surface area contributed by atoms with Gasteiger partial charge in [-0.2, -0.15) is 5.10 Å². The zero-order chi connectivity index (χ0) is 23.7. The van der Waals surface area contributed by atoms with Gasteiger partial charge in [0.15, 0.2) is 5.65 Å². The SMILES string of the molecule is Cc1nc2c(-c3ccccc3)c(C)nn2c(C)c1CCC(=O)N1CCN(c2ccccn2)CC1. The van der Waals surface area contributed by atoms with Crippen LogP contribution in [0.4, 0.5) is 5.82 Å². The van der Waals surface area contributed by atoms with Crippen LogP contribution in [0.15, 0.2) is 54.7 Å². The fraction of sp³-hybridized carbons (Fsp3) is 0.333. The van der Waals surface area contributed by atoms with E-state index in [0.29, 0.717) is 12.8 Å². The van der Waals surface area contributed by atoms with Crippen molar-refractivity contribution in [2.75, 3.05) is 31.1 Å². The monoisotopic (exact) mass is 454 g/mol. The minimum absolute atomic E-state index is 0.196. The normalized spacial score (nSPS) is 14.1. The second-order valence-electron chi connectivity index (χ2n) is 8.88. The Bertz CT molecular complexity index is 1310. The highest BCUT2D eigenvalue weighted by Gasteiger charge is 2.23. The molecule has 1 amide bonds. The molecule has 0 saturated carbocycles. The van der Waals surface area contributed by atoms with Crippen molar-refractivity contribution in [1.29, 1.82) is 0 Å². The first-order valence-corrected chi connectivity index (χ1v) is 11.9. The van der Waals surface area contributed by atoms with Gasteiger partial charge >= 0.3 is 0 Å². The summed E-state index contributed by atoms with van der Waals surface area (Å²) < 4.78 is 1.94. The Balaban J connectivity index is 1.29. The molecular weight excluding hydrogens is 424 g/mol. The molecule has 7 heteroatoms. The summed E-state index contributed by atoms with van der Waals surface area (Å²) in [5.74, 6) is 1.17. The number of anilines is 1. The molecule has 5 rings (SSSR count). The summed E-state index contributed by atoms with van der Waals surface area (Å²) in [4.78, 5) is 26.6. The van der Waals surface area contributed by atoms with Gasteiger partial charge in [0.25, 0.3) is 0 Å². The van der Waals surface area contributed by atoms with Gasteiger partial charge in [-0.1, -0.05) is 36.4 Å². The average molecular weight is 455 g/mol. The van der Waals surface area contributed by atoms with Gasteiger partial charge in [-0.15, -0.1) is 0 Å². The lowest BCUT2D eigenvalue weighted by Gasteiger charge is -2.35. The lowest BCUT2D eigenvalue weighted by atomic mass is 10.0. The molecule has 1 aliphatic heterocycles. The molecular formula is C27H30N6O. The van der Waals surface area contributed by atoms with E-state index in [4.69, 9.17) is 10.1 Å². The molecule has 0 N–H and O–H groups in total. The number of carbonyl (C=O) groups excluding carboxylic acids is 1. The number of nitrogens with zero attached hydrogens (tertiary/aromatic N) is 6. The van der Waals surface area contributed by atoms with Gasteiger partial charge in [0.05, 0.1) is 5.69 Å². The first kappa shape index (κ1) is 22.1. The summed E-state index contributed by atoms with van der Waals surface area (Å²) in [6.45, 7) is 9.21. The highest BCUT2D eigenvalue weighted by atomic mass is 16.2. The van der Waals surface area contributed by atoms with Crippen LogP contribution in [-0.2, 0) is 11.2 Å². The van der Waals surface area contributed by atoms with Crippen molar-refractivity contribution >= 4 is 17.4 Å². The number of pyridine rings is 1. The number of rotatable bonds is 5. The maximum absolute atomic E-state index is 13.0. The van der Waals surface area contributed by atoms with Crippen LogP contribution in [0.3, 0.4) is 0 Å². The van der Waals surface area contributed by atoms with Crippen molar-refractivity contribution in [3.05, 3.63) is 77.4 Å². The van der Waals surface area contributed by atoms with E-state index in [2.05, 4.69) is 28.9 Å². The van der Waals surface area contributed by atoms with Crippen LogP contribution >= 0.6 is 0 Å². The number of aromatic nitrogens is 4. The standard InChI is InChI=1S/C27H30N6O/c1-19-23(12-13-25(34)32-17-15-31(16-18-32)24-11-7-8-14-28-24)21(3)33-27(29-19)26(20(2)30-33)22-9-5-4-6-10-22/h4-11,14H,12-13,15-18H2,1-3H3. The number of fused-ring (bicyclic) bond motifs is 1. The first-order chi connectivity index (χ1) is 16.5. The van der Waals surface area contributed by atoms with Gasteiger partial charge in [0.2, 0.25) is 5.91 Å². The van der Waals surface area contributed by atoms with Gasteiger partial charge in [-0.3, -0.25) is 4.79 Å². The zero-order valence-electron chi connectivity index (χ0n) is 20.0. The molecule has 7 nitrogen and oxygen atoms in total. The molecule has 0 radical (unpaired) electrons. The summed E-state index contributed by atoms with van der Waals surface area (Å²) >= 11 is 0. The second-order valence-corrected chi connectivity index (χ2v) is 8.88. The molecule has 0 aliphatic carbocycles. The lowest BCUT2D eigenvalue weighted by molar-refractivity contribution is -0.131. The van der Waals surface area contributed by atoms with Crippen LogP contribution in [0.5, 0.6) is 0 Å². The molecule has 3 aromatic heterocycles. The minimum Gasteiger partial charge on any atom is -0.353 e. The van der Waals surface area contributed by atoms with Crippen LogP contribution in [0.2, 0.25) is 0 Å². The largest absolute Gasteiger partial charge is 0.353 e. The average Bonchev–Trinajstić information content (AvgIpc) is 3.20. The Morgan fingerprint density at radius 3 is 2.35 bits per heavy atom. The van der Waals surface area contributed by atoms with Gasteiger partial charge < -0.3 is 9.80 Å². The Labute approximate surface area is 200 Å². The predicted octanol–water partition coefficient (Wildman–Crippen LogP) is 4.00. The third-order valence-electron chi connectivity index (χ3n) is 6.76. The number of amides is 1. The summed E-state index contributed by atoms with van der Waals surface area (Å²) in [5.41, 5.74) is 7.15. The van der Waals surface area contributed by atoms with Crippen molar-refractivity contribution in [2.24, 2.45) is 0 Å². The number of piperazine rings is 1. The summed E-state index contributed by atoms with van der Waals surface area (Å²) in [6, 6.07) is 16.2. The topological polar surface area (TPSA) is 66.6 Å². The van der Waals surface area contributed by atoms with E-state index in [1.807, 2.05) is 65.9 Å². The fourth-order valence-electron chi connectivity index (χ4n) is 4.89. The Hall–Kier alpha value is -3.74. The van der Waals surface area contributed by atoms with Gasteiger partial charge in [0.1, 0.15) is 5.82 Å². The third kappa shape index (κ3) is 4.14. The quantitative estimate of drug-likeness (QED) is 0.456. The highest BCUT2D eigenvalue weighted by molar-refractivity contribution is 5.80. The van der Waals surface area contributed by atoms with Crippen molar-refractivity contribution in [2.45, 2.75) is 33.6 Å². The van der Waals surface area contributed by atoms with Crippen LogP contribution in [0.1, 0.15) is 29.1 Å². The Morgan fingerprint density at radius 1 is 0.912 bits per heavy atom. The molecule has 0 atom stereocenters. The van der Waals surface area contributed by atoms with Crippen molar-refractivity contribution in [3.8, 4) is 11.1 Å². The summed E-state index contributed by atoms with van der Waals surface area (Å²) in [7, 11) is 0. The van der Waals surface area contributed by atoms with Crippen molar-refractivity contribution in [1.82, 2.24) is 24.5 Å². The maximum atomic E-state index is 13.0. The molecule has 4 heterocycles. The number of hydrogen-bond donors (Lipinski definition) is 0. The van der Waals surface area contributed by atoms with Gasteiger partial charge in [0, 0.05) is 55.7 Å². The van der Waals surface area contributed by atoms with E-state index in [0.717, 1.165) is 71.4 Å².